The molecule has 0 spiro atoms. The lowest BCUT2D eigenvalue weighted by atomic mass is 9.88. The molecule has 0 heterocycles. The van der Waals surface area contributed by atoms with E-state index in [9.17, 15) is 142 Å². The summed E-state index contributed by atoms with van der Waals surface area (Å²) in [6.07, 6.45) is 0. The van der Waals surface area contributed by atoms with Crippen molar-refractivity contribution >= 4 is 131 Å². The van der Waals surface area contributed by atoms with Gasteiger partial charge in [-0.2, -0.15) is 0 Å². The monoisotopic (exact) mass is 1960 g/mol. The number of hydrogen-bond donors (Lipinski definition) is 11. The van der Waals surface area contributed by atoms with Gasteiger partial charge in [-0.05, 0) is 83.1 Å². The number of aliphatic hydroxyl groups excluding tert-OH is 11. The lowest BCUT2D eigenvalue weighted by Crippen LogP contribution is -2.51. The first-order valence-corrected chi connectivity index (χ1v) is 39.6. The third-order valence-corrected chi connectivity index (χ3v) is 20.3. The van der Waals surface area contributed by atoms with Crippen molar-refractivity contribution < 1.29 is 266 Å². The van der Waals surface area contributed by atoms with Crippen molar-refractivity contribution in [3.8, 4) is 0 Å². The first-order chi connectivity index (χ1) is 62.5. The van der Waals surface area contributed by atoms with Gasteiger partial charge in [-0.3, -0.25) is 57.5 Å². The SMILES string of the molecule is COC(=O)C(=O)OCC(C)(CO)C(=O)OCC(C)(COC(=O)C(C)(CO)CO)C(=O)OCC(COC(=O)C(C)(COC(=O)C(C)(CO)CO)COC(=O)C(C)(CO)CO)(COC(=O)C(C)(COC(=O)C(C)(CO)COC(=O)C(=O)OC)COC(=O)C(C)(CO)COC(=O)C(=O)OC)COC(=O)C(C)(COC(=O)C(C)(CO)COC(=O)C(=O)OC)COC(=O)C(C)(CO)COC(=O)C(=O)OC. The highest BCUT2D eigenvalue weighted by atomic mass is 16.7. The fourth-order valence-corrected chi connectivity index (χ4v) is 8.87. The summed E-state index contributed by atoms with van der Waals surface area (Å²) in [6.45, 7) is -29.5. The van der Waals surface area contributed by atoms with Gasteiger partial charge in [0.05, 0.1) is 108 Å². The molecule has 0 aliphatic rings. The maximum atomic E-state index is 15.6. The number of methoxy groups -OCH3 is 5. The predicted molar refractivity (Wildman–Crippen MR) is 424 cm³/mol. The Morgan fingerprint density at radius 1 is 0.141 bits per heavy atom. The third-order valence-electron chi connectivity index (χ3n) is 20.3. The first kappa shape index (κ1) is 123. The van der Waals surface area contributed by atoms with E-state index in [2.05, 4.69) is 23.7 Å². The van der Waals surface area contributed by atoms with Crippen LogP contribution in [0.3, 0.4) is 0 Å². The zero-order valence-corrected chi connectivity index (χ0v) is 77.2. The molecule has 0 radical (unpaired) electrons. The maximum Gasteiger partial charge on any atom is 0.417 e. The number of esters is 22. The Morgan fingerprint density at radius 3 is 0.348 bits per heavy atom. The topological polar surface area (TPSA) is 801 Å². The number of aliphatic hydroxyl groups is 11. The summed E-state index contributed by atoms with van der Waals surface area (Å²) >= 11 is 0. The molecule has 0 aromatic rings. The van der Waals surface area contributed by atoms with Crippen LogP contribution < -0.4 is 0 Å². The molecular formula is C80H118O55. The molecule has 0 rings (SSSR count). The minimum Gasteiger partial charge on any atom is -0.464 e. The molecule has 768 valence electrons. The second kappa shape index (κ2) is 53.9. The molecule has 0 fully saturated rings. The Morgan fingerprint density at radius 2 is 0.237 bits per heavy atom. The van der Waals surface area contributed by atoms with E-state index in [4.69, 9.17) is 80.5 Å². The average Bonchev–Trinajstić information content (AvgIpc) is 0.799. The quantitative estimate of drug-likeness (QED) is 0.0153. The highest BCUT2D eigenvalue weighted by Crippen LogP contribution is 2.36. The summed E-state index contributed by atoms with van der Waals surface area (Å²) < 4.78 is 112. The van der Waals surface area contributed by atoms with Crippen molar-refractivity contribution in [2.75, 3.05) is 221 Å². The minimum atomic E-state index is -3.19. The smallest absolute Gasteiger partial charge is 0.417 e. The van der Waals surface area contributed by atoms with E-state index in [0.29, 0.717) is 13.8 Å². The van der Waals surface area contributed by atoms with Crippen molar-refractivity contribution in [2.45, 2.75) is 83.1 Å². The highest BCUT2D eigenvalue weighted by Gasteiger charge is 2.54. The number of carbonyl (C=O) groups is 22. The zero-order chi connectivity index (χ0) is 105. The molecule has 6 atom stereocenters. The van der Waals surface area contributed by atoms with E-state index in [0.717, 1.165) is 105 Å². The number of ether oxygens (including phenoxy) is 22. The summed E-state index contributed by atoms with van der Waals surface area (Å²) in [7, 11) is 3.72. The van der Waals surface area contributed by atoms with Crippen LogP contribution in [0.25, 0.3) is 0 Å². The van der Waals surface area contributed by atoms with Crippen LogP contribution in [-0.2, 0) is 210 Å². The second-order valence-electron chi connectivity index (χ2n) is 34.2. The molecule has 135 heavy (non-hydrogen) atoms. The molecule has 55 nitrogen and oxygen atoms in total. The Balaban J connectivity index is 10.4. The molecular weight excluding hydrogens is 1840 g/mol. The van der Waals surface area contributed by atoms with E-state index in [-0.39, 0.29) is 0 Å². The largest absolute Gasteiger partial charge is 0.464 e. The van der Waals surface area contributed by atoms with Gasteiger partial charge in [-0.1, -0.05) is 0 Å². The maximum absolute atomic E-state index is 15.6. The molecule has 0 saturated heterocycles. The standard InChI is InChI=1S/C80H118O55/c1-68(18-81,19-82)56(102)124-34-76(9,35-125-57(103)69(2,20-83)21-84)64(110)132-42-80(43-133-65(111)77(10,36-126-58(104)70(3,22-85)23-86)37-127-59(105)71(4,24-87)29-119-51(97)46(92)114-13,44-134-66(112)78(11,38-128-60(106)72(5,25-88)30-120-52(98)47(93)115-14)39-129-61(107)73(6,26-89)31-121-53(99)48(94)116-15)45-135-67(113)79(12,40-130-62(108)74(7,27-90)32-122-54(100)49(95)117-16)41-131-63(109)75(8,28-91)33-123-55(101)50(96)118-17/h81-91H,18-45H2,1-17H3. The van der Waals surface area contributed by atoms with Gasteiger partial charge in [0.25, 0.3) is 0 Å². The number of hydrogen-bond acceptors (Lipinski definition) is 55. The molecule has 0 aliphatic heterocycles. The summed E-state index contributed by atoms with van der Waals surface area (Å²) in [5, 5.41) is 114. The normalized spacial score (nSPS) is 15.5. The molecule has 0 saturated carbocycles. The van der Waals surface area contributed by atoms with Gasteiger partial charge in [-0.25, -0.2) is 47.9 Å². The molecule has 0 aromatic carbocycles. The average molecular weight is 1960 g/mol. The molecule has 0 bridgehead atoms. The van der Waals surface area contributed by atoms with Crippen LogP contribution in [0.2, 0.25) is 0 Å². The van der Waals surface area contributed by atoms with Crippen LogP contribution in [0, 0.1) is 70.4 Å². The van der Waals surface area contributed by atoms with Gasteiger partial charge < -0.3 is 160 Å². The summed E-state index contributed by atoms with van der Waals surface area (Å²) in [5.74, 6) is -37.6. The Bertz CT molecular complexity index is 3880. The molecule has 11 N–H and O–H groups in total. The Hall–Kier alpha value is -12.1. The van der Waals surface area contributed by atoms with Crippen LogP contribution in [0.5, 0.6) is 0 Å². The van der Waals surface area contributed by atoms with E-state index >= 15 is 19.2 Å². The first-order valence-electron chi connectivity index (χ1n) is 39.6. The van der Waals surface area contributed by atoms with Gasteiger partial charge in [-0.15, -0.1) is 0 Å². The summed E-state index contributed by atoms with van der Waals surface area (Å²) in [5.41, 5.74) is -33.9. The third kappa shape index (κ3) is 34.6. The van der Waals surface area contributed by atoms with E-state index < -0.39 is 387 Å². The molecule has 55 heteroatoms. The molecule has 0 aromatic heterocycles. The van der Waals surface area contributed by atoms with Crippen LogP contribution in [-0.4, -0.2) is 408 Å². The van der Waals surface area contributed by atoms with Crippen LogP contribution in [0.1, 0.15) is 83.1 Å². The second-order valence-corrected chi connectivity index (χ2v) is 34.2. The number of carbonyl (C=O) groups excluding carboxylic acids is 22. The zero-order valence-electron chi connectivity index (χ0n) is 77.2. The van der Waals surface area contributed by atoms with Gasteiger partial charge >= 0.3 is 131 Å². The summed E-state index contributed by atoms with van der Waals surface area (Å²) in [6, 6.07) is 0. The van der Waals surface area contributed by atoms with Gasteiger partial charge in [0.15, 0.2) is 0 Å². The highest BCUT2D eigenvalue weighted by molar-refractivity contribution is 6.31. The van der Waals surface area contributed by atoms with Crippen molar-refractivity contribution in [3.63, 3.8) is 0 Å². The molecule has 0 amide bonds. The summed E-state index contributed by atoms with van der Waals surface area (Å²) in [4.78, 5) is 297. The van der Waals surface area contributed by atoms with Crippen LogP contribution in [0.4, 0.5) is 0 Å². The minimum absolute atomic E-state index is 0.714. The van der Waals surface area contributed by atoms with Crippen LogP contribution >= 0.6 is 0 Å². The van der Waals surface area contributed by atoms with Gasteiger partial charge in [0, 0.05) is 0 Å². The van der Waals surface area contributed by atoms with Crippen LogP contribution in [0.15, 0.2) is 0 Å². The number of rotatable bonds is 57. The fourth-order valence-electron chi connectivity index (χ4n) is 8.87. The van der Waals surface area contributed by atoms with Crippen molar-refractivity contribution in [3.05, 3.63) is 0 Å². The Labute approximate surface area is 768 Å². The van der Waals surface area contributed by atoms with Crippen molar-refractivity contribution in [1.29, 1.82) is 0 Å². The lowest BCUT2D eigenvalue weighted by molar-refractivity contribution is -0.192. The van der Waals surface area contributed by atoms with E-state index in [1.54, 1.807) is 0 Å². The van der Waals surface area contributed by atoms with Gasteiger partial charge in [0.2, 0.25) is 0 Å². The van der Waals surface area contributed by atoms with E-state index in [1.165, 1.54) is 0 Å². The lowest BCUT2D eigenvalue weighted by Gasteiger charge is -2.37. The van der Waals surface area contributed by atoms with Crippen molar-refractivity contribution in [2.24, 2.45) is 70.4 Å². The predicted octanol–water partition coefficient (Wildman–Crippen LogP) is -8.94. The Kier molecular flexibility index (Phi) is 49.0. The van der Waals surface area contributed by atoms with Crippen molar-refractivity contribution in [1.82, 2.24) is 0 Å². The fraction of sp³-hybridized carbons (Fsp3) is 0.725. The van der Waals surface area contributed by atoms with E-state index in [1.807, 2.05) is 0 Å². The van der Waals surface area contributed by atoms with Gasteiger partial charge in [0.1, 0.15) is 183 Å². The molecule has 6 unspecified atom stereocenters. The molecule has 0 aliphatic carbocycles.